The Bertz CT molecular complexity index is 809. The molecular formula is C19H21F2N5O2. The maximum Gasteiger partial charge on any atom is 0.317 e. The normalized spacial score (nSPS) is 15.7. The monoisotopic (exact) mass is 389 g/mol. The Labute approximate surface area is 160 Å². The minimum absolute atomic E-state index is 0.0394. The number of amides is 2. The van der Waals surface area contributed by atoms with Gasteiger partial charge >= 0.3 is 12.3 Å². The molecule has 0 atom stereocenters. The maximum absolute atomic E-state index is 12.1. The fourth-order valence-corrected chi connectivity index (χ4v) is 3.37. The van der Waals surface area contributed by atoms with Crippen molar-refractivity contribution < 1.29 is 18.4 Å². The van der Waals surface area contributed by atoms with Crippen LogP contribution in [0.4, 0.5) is 14.7 Å². The van der Waals surface area contributed by atoms with Crippen molar-refractivity contribution >= 4 is 17.8 Å². The first-order valence-corrected chi connectivity index (χ1v) is 9.04. The van der Waals surface area contributed by atoms with Crippen LogP contribution in [0.1, 0.15) is 48.0 Å². The van der Waals surface area contributed by atoms with Crippen molar-refractivity contribution in [3.63, 3.8) is 0 Å². The maximum atomic E-state index is 12.1. The quantitative estimate of drug-likeness (QED) is 0.684. The fourth-order valence-electron chi connectivity index (χ4n) is 3.37. The molecule has 0 spiro atoms. The molecule has 1 aromatic carbocycles. The zero-order chi connectivity index (χ0) is 20.0. The first kappa shape index (κ1) is 19.7. The lowest BCUT2D eigenvalue weighted by Gasteiger charge is -2.38. The van der Waals surface area contributed by atoms with Gasteiger partial charge in [0.25, 0.3) is 5.91 Å². The molecule has 1 heterocycles. The number of alkyl halides is 2. The van der Waals surface area contributed by atoms with Gasteiger partial charge in [0.05, 0.1) is 11.1 Å². The van der Waals surface area contributed by atoms with Crippen LogP contribution in [0.3, 0.4) is 0 Å². The van der Waals surface area contributed by atoms with Crippen molar-refractivity contribution in [2.45, 2.75) is 44.1 Å². The van der Waals surface area contributed by atoms with Crippen LogP contribution in [0.15, 0.2) is 42.7 Å². The van der Waals surface area contributed by atoms with E-state index in [-0.39, 0.29) is 11.1 Å². The Kier molecular flexibility index (Phi) is 6.13. The molecule has 0 bridgehead atoms. The lowest BCUT2D eigenvalue weighted by atomic mass is 9.76. The minimum Gasteiger partial charge on any atom is -0.345 e. The molecule has 0 aliphatic heterocycles. The van der Waals surface area contributed by atoms with Crippen LogP contribution in [-0.4, -0.2) is 28.2 Å². The van der Waals surface area contributed by atoms with Crippen molar-refractivity contribution in [2.75, 3.05) is 5.32 Å². The van der Waals surface area contributed by atoms with E-state index in [9.17, 15) is 18.4 Å². The van der Waals surface area contributed by atoms with Crippen molar-refractivity contribution in [3.8, 4) is 0 Å². The van der Waals surface area contributed by atoms with Crippen molar-refractivity contribution in [2.24, 2.45) is 0 Å². The molecule has 1 aliphatic carbocycles. The van der Waals surface area contributed by atoms with Crippen LogP contribution >= 0.6 is 0 Å². The first-order valence-electron chi connectivity index (χ1n) is 9.04. The summed E-state index contributed by atoms with van der Waals surface area (Å²) in [5.74, 6) is -2.00. The van der Waals surface area contributed by atoms with Crippen LogP contribution in [0.2, 0.25) is 0 Å². The summed E-state index contributed by atoms with van der Waals surface area (Å²) in [6.07, 6.45) is 4.60. The highest BCUT2D eigenvalue weighted by atomic mass is 19.3. The smallest absolute Gasteiger partial charge is 0.317 e. The van der Waals surface area contributed by atoms with Crippen LogP contribution in [0.5, 0.6) is 0 Å². The molecule has 0 unspecified atom stereocenters. The number of hydrogen-bond acceptors (Lipinski definition) is 5. The SMILES string of the molecule is O=C(NNC(=O)C(F)F)c1cnc(NC2(c3ccccc3)CCCCC2)nc1. The zero-order valence-corrected chi connectivity index (χ0v) is 15.1. The van der Waals surface area contributed by atoms with E-state index in [1.165, 1.54) is 18.8 Å². The Hall–Kier alpha value is -3.10. The second-order valence-corrected chi connectivity index (χ2v) is 6.67. The van der Waals surface area contributed by atoms with E-state index in [0.29, 0.717) is 5.95 Å². The van der Waals surface area contributed by atoms with Gasteiger partial charge in [-0.2, -0.15) is 8.78 Å². The minimum atomic E-state index is -3.22. The number of benzene rings is 1. The van der Waals surface area contributed by atoms with Gasteiger partial charge in [-0.25, -0.2) is 9.97 Å². The van der Waals surface area contributed by atoms with E-state index >= 15 is 0 Å². The highest BCUT2D eigenvalue weighted by Gasteiger charge is 2.34. The first-order chi connectivity index (χ1) is 13.5. The standard InChI is InChI=1S/C19H21F2N5O2/c20-15(21)17(28)26-25-16(27)13-11-22-18(23-12-13)24-19(9-5-2-6-10-19)14-7-3-1-4-8-14/h1,3-4,7-8,11-12,15H,2,5-6,9-10H2,(H,25,27)(H,26,28)(H,22,23,24). The summed E-state index contributed by atoms with van der Waals surface area (Å²) in [6.45, 7) is 0. The second kappa shape index (κ2) is 8.73. The summed E-state index contributed by atoms with van der Waals surface area (Å²) in [7, 11) is 0. The average molecular weight is 389 g/mol. The average Bonchev–Trinajstić information content (AvgIpc) is 2.73. The Balaban J connectivity index is 1.70. The molecular weight excluding hydrogens is 368 g/mol. The number of carbonyl (C=O) groups excluding carboxylic acids is 2. The van der Waals surface area contributed by atoms with Gasteiger partial charge in [0, 0.05) is 12.4 Å². The third-order valence-corrected chi connectivity index (χ3v) is 4.80. The molecule has 148 valence electrons. The molecule has 0 saturated heterocycles. The third kappa shape index (κ3) is 4.59. The lowest BCUT2D eigenvalue weighted by molar-refractivity contribution is -0.132. The Morgan fingerprint density at radius 3 is 2.21 bits per heavy atom. The van der Waals surface area contributed by atoms with Gasteiger partial charge in [0.15, 0.2) is 0 Å². The van der Waals surface area contributed by atoms with Crippen molar-refractivity contribution in [1.29, 1.82) is 0 Å². The van der Waals surface area contributed by atoms with Crippen molar-refractivity contribution in [3.05, 3.63) is 53.9 Å². The Morgan fingerprint density at radius 2 is 1.61 bits per heavy atom. The number of halogens is 2. The molecule has 9 heteroatoms. The number of hydrogen-bond donors (Lipinski definition) is 3. The molecule has 28 heavy (non-hydrogen) atoms. The summed E-state index contributed by atoms with van der Waals surface area (Å²) in [5, 5.41) is 3.42. The number of rotatable bonds is 5. The number of anilines is 1. The van der Waals surface area contributed by atoms with E-state index in [4.69, 9.17) is 0 Å². The summed E-state index contributed by atoms with van der Waals surface area (Å²) >= 11 is 0. The third-order valence-electron chi connectivity index (χ3n) is 4.80. The Morgan fingerprint density at radius 1 is 0.964 bits per heavy atom. The molecule has 3 N–H and O–H groups in total. The highest BCUT2D eigenvalue weighted by Crippen LogP contribution is 2.39. The van der Waals surface area contributed by atoms with E-state index < -0.39 is 18.2 Å². The summed E-state index contributed by atoms with van der Waals surface area (Å²) < 4.78 is 24.3. The van der Waals surface area contributed by atoms with Gasteiger partial charge in [0.1, 0.15) is 0 Å². The van der Waals surface area contributed by atoms with E-state index in [0.717, 1.165) is 31.2 Å². The largest absolute Gasteiger partial charge is 0.345 e. The summed E-state index contributed by atoms with van der Waals surface area (Å²) in [6, 6.07) is 10.1. The van der Waals surface area contributed by atoms with Crippen LogP contribution in [-0.2, 0) is 10.3 Å². The molecule has 1 aliphatic rings. The van der Waals surface area contributed by atoms with Crippen molar-refractivity contribution in [1.82, 2.24) is 20.8 Å². The van der Waals surface area contributed by atoms with Gasteiger partial charge in [-0.3, -0.25) is 20.4 Å². The molecule has 1 aromatic heterocycles. The van der Waals surface area contributed by atoms with Gasteiger partial charge in [-0.15, -0.1) is 0 Å². The molecule has 1 fully saturated rings. The number of aromatic nitrogens is 2. The predicted octanol–water partition coefficient (Wildman–Crippen LogP) is 2.77. The number of nitrogens with zero attached hydrogens (tertiary/aromatic N) is 2. The van der Waals surface area contributed by atoms with Crippen LogP contribution in [0.25, 0.3) is 0 Å². The number of nitrogens with one attached hydrogen (secondary N) is 3. The topological polar surface area (TPSA) is 96.0 Å². The van der Waals surface area contributed by atoms with E-state index in [1.807, 2.05) is 23.6 Å². The van der Waals surface area contributed by atoms with Gasteiger partial charge in [-0.05, 0) is 18.4 Å². The summed E-state index contributed by atoms with van der Waals surface area (Å²) in [5.41, 5.74) is 4.46. The van der Waals surface area contributed by atoms with Gasteiger partial charge < -0.3 is 5.32 Å². The number of hydrazine groups is 1. The van der Waals surface area contributed by atoms with E-state index in [1.54, 1.807) is 5.43 Å². The summed E-state index contributed by atoms with van der Waals surface area (Å²) in [4.78, 5) is 31.1. The van der Waals surface area contributed by atoms with Crippen LogP contribution < -0.4 is 16.2 Å². The second-order valence-electron chi connectivity index (χ2n) is 6.67. The van der Waals surface area contributed by atoms with Gasteiger partial charge in [0.2, 0.25) is 5.95 Å². The molecule has 2 amide bonds. The highest BCUT2D eigenvalue weighted by molar-refractivity contribution is 5.95. The van der Waals surface area contributed by atoms with E-state index in [2.05, 4.69) is 27.4 Å². The molecule has 3 rings (SSSR count). The van der Waals surface area contributed by atoms with Crippen LogP contribution in [0, 0.1) is 0 Å². The molecule has 1 saturated carbocycles. The number of carbonyl (C=O) groups is 2. The predicted molar refractivity (Wildman–Crippen MR) is 98.5 cm³/mol. The lowest BCUT2D eigenvalue weighted by Crippen LogP contribution is -2.44. The molecule has 7 nitrogen and oxygen atoms in total. The van der Waals surface area contributed by atoms with Gasteiger partial charge in [-0.1, -0.05) is 49.6 Å². The molecule has 2 aromatic rings. The fraction of sp³-hybridized carbons (Fsp3) is 0.368. The zero-order valence-electron chi connectivity index (χ0n) is 15.1. The molecule has 0 radical (unpaired) electrons.